The summed E-state index contributed by atoms with van der Waals surface area (Å²) >= 11 is 0. The van der Waals surface area contributed by atoms with Gasteiger partial charge in [0.15, 0.2) is 12.3 Å². The lowest BCUT2D eigenvalue weighted by Crippen LogP contribution is -2.36. The average molecular weight is 322 g/mol. The molecule has 2 fully saturated rings. The monoisotopic (exact) mass is 322 g/mol. The Morgan fingerprint density at radius 2 is 1.00 bits per heavy atom. The molecule has 0 aliphatic carbocycles. The van der Waals surface area contributed by atoms with Crippen molar-refractivity contribution in [2.75, 3.05) is 0 Å². The highest BCUT2D eigenvalue weighted by Crippen LogP contribution is 2.36. The molecule has 2 saturated heterocycles. The van der Waals surface area contributed by atoms with Gasteiger partial charge >= 0.3 is 12.1 Å². The van der Waals surface area contributed by atoms with Crippen LogP contribution in [0.1, 0.15) is 34.6 Å². The Hall–Kier alpha value is -3.02. The van der Waals surface area contributed by atoms with Crippen LogP contribution in [0.3, 0.4) is 0 Å². The summed E-state index contributed by atoms with van der Waals surface area (Å²) in [6, 6.07) is 15.0. The minimum atomic E-state index is -0.492. The predicted octanol–water partition coefficient (Wildman–Crippen LogP) is 2.97. The van der Waals surface area contributed by atoms with Crippen LogP contribution in [0.4, 0.5) is 9.59 Å². The van der Waals surface area contributed by atoms with Gasteiger partial charge in [0.1, 0.15) is 0 Å². The van der Waals surface area contributed by atoms with Gasteiger partial charge in [-0.3, -0.25) is 0 Å². The van der Waals surface area contributed by atoms with Crippen molar-refractivity contribution in [3.05, 3.63) is 70.8 Å². The minimum Gasteiger partial charge on any atom is -0.310 e. The van der Waals surface area contributed by atoms with Crippen LogP contribution in [-0.2, 0) is 0 Å². The van der Waals surface area contributed by atoms with Crippen LogP contribution in [-0.4, -0.2) is 22.1 Å². The number of amides is 4. The SMILES string of the molecule is Cc1ccc(C2NC(=O)N3C(c4ccc(C)cc4)NC(=O)N23)cc1. The van der Waals surface area contributed by atoms with E-state index in [0.717, 1.165) is 22.3 Å². The number of rotatable bonds is 2. The normalized spacial score (nSPS) is 22.4. The van der Waals surface area contributed by atoms with Gasteiger partial charge in [-0.15, -0.1) is 0 Å². The Labute approximate surface area is 140 Å². The van der Waals surface area contributed by atoms with Crippen LogP contribution in [0, 0.1) is 13.8 Å². The molecule has 0 saturated carbocycles. The fraction of sp³-hybridized carbons (Fsp3) is 0.222. The number of carbonyl (C=O) groups is 2. The van der Waals surface area contributed by atoms with E-state index in [-0.39, 0.29) is 12.1 Å². The van der Waals surface area contributed by atoms with Crippen LogP contribution in [0.25, 0.3) is 0 Å². The molecule has 4 rings (SSSR count). The summed E-state index contributed by atoms with van der Waals surface area (Å²) in [6.07, 6.45) is -0.984. The molecule has 6 nitrogen and oxygen atoms in total. The van der Waals surface area contributed by atoms with Crippen molar-refractivity contribution in [2.24, 2.45) is 0 Å². The van der Waals surface area contributed by atoms with E-state index >= 15 is 0 Å². The fourth-order valence-electron chi connectivity index (χ4n) is 3.11. The van der Waals surface area contributed by atoms with Gasteiger partial charge in [0.2, 0.25) is 0 Å². The fourth-order valence-corrected chi connectivity index (χ4v) is 3.11. The van der Waals surface area contributed by atoms with Gasteiger partial charge in [-0.05, 0) is 25.0 Å². The van der Waals surface area contributed by atoms with Crippen molar-refractivity contribution in [3.8, 4) is 0 Å². The number of hydrogen-bond acceptors (Lipinski definition) is 2. The first kappa shape index (κ1) is 14.6. The van der Waals surface area contributed by atoms with E-state index < -0.39 is 12.3 Å². The number of benzene rings is 2. The quantitative estimate of drug-likeness (QED) is 0.893. The molecule has 4 amide bonds. The van der Waals surface area contributed by atoms with Gasteiger partial charge in [0, 0.05) is 0 Å². The smallest absolute Gasteiger partial charge is 0.310 e. The molecule has 0 aromatic heterocycles. The molecule has 6 heteroatoms. The van der Waals surface area contributed by atoms with Crippen LogP contribution in [0.15, 0.2) is 48.5 Å². The molecule has 2 aliphatic rings. The first-order chi connectivity index (χ1) is 11.5. The lowest BCUT2D eigenvalue weighted by Gasteiger charge is -2.24. The third-order valence-corrected chi connectivity index (χ3v) is 4.44. The number of nitrogens with zero attached hydrogens (tertiary/aromatic N) is 2. The Morgan fingerprint density at radius 3 is 1.33 bits per heavy atom. The predicted molar refractivity (Wildman–Crippen MR) is 88.6 cm³/mol. The average Bonchev–Trinajstić information content (AvgIpc) is 3.08. The highest BCUT2D eigenvalue weighted by molar-refractivity contribution is 5.88. The Morgan fingerprint density at radius 1 is 0.667 bits per heavy atom. The molecule has 0 radical (unpaired) electrons. The van der Waals surface area contributed by atoms with Crippen molar-refractivity contribution in [1.82, 2.24) is 20.7 Å². The van der Waals surface area contributed by atoms with E-state index in [2.05, 4.69) is 10.6 Å². The maximum absolute atomic E-state index is 12.5. The number of hydrazine groups is 1. The van der Waals surface area contributed by atoms with Crippen LogP contribution >= 0.6 is 0 Å². The van der Waals surface area contributed by atoms with Crippen molar-refractivity contribution < 1.29 is 9.59 Å². The van der Waals surface area contributed by atoms with E-state index in [1.807, 2.05) is 62.4 Å². The Balaban J connectivity index is 1.68. The number of carbonyl (C=O) groups excluding carboxylic acids is 2. The second-order valence-electron chi connectivity index (χ2n) is 6.21. The van der Waals surface area contributed by atoms with Crippen molar-refractivity contribution in [1.29, 1.82) is 0 Å². The number of nitrogens with one attached hydrogen (secondary N) is 2. The standard InChI is InChI=1S/C18H18N4O2/c1-11-3-7-13(8-4-11)15-19-17(23)22-16(20-18(24)21(15)22)14-9-5-12(2)6-10-14/h3-10,15-16H,1-2H3,(H,19,23)(H,20,24). The zero-order chi connectivity index (χ0) is 16.8. The van der Waals surface area contributed by atoms with Gasteiger partial charge in [-0.2, -0.15) is 0 Å². The number of urea groups is 2. The van der Waals surface area contributed by atoms with Gasteiger partial charge in [-0.1, -0.05) is 59.7 Å². The van der Waals surface area contributed by atoms with Gasteiger partial charge in [0.05, 0.1) is 0 Å². The van der Waals surface area contributed by atoms with Crippen LogP contribution in [0.2, 0.25) is 0 Å². The summed E-state index contributed by atoms with van der Waals surface area (Å²) in [6.45, 7) is 4.00. The molecule has 2 atom stereocenters. The maximum atomic E-state index is 12.5. The zero-order valence-electron chi connectivity index (χ0n) is 13.5. The summed E-state index contributed by atoms with van der Waals surface area (Å²) < 4.78 is 0. The van der Waals surface area contributed by atoms with E-state index in [4.69, 9.17) is 0 Å². The summed E-state index contributed by atoms with van der Waals surface area (Å²) in [5, 5.41) is 8.68. The highest BCUT2D eigenvalue weighted by atomic mass is 16.2. The van der Waals surface area contributed by atoms with Crippen LogP contribution < -0.4 is 10.6 Å². The van der Waals surface area contributed by atoms with Crippen LogP contribution in [0.5, 0.6) is 0 Å². The molecular formula is C18H18N4O2. The second-order valence-corrected chi connectivity index (χ2v) is 6.21. The largest absolute Gasteiger partial charge is 0.340 e. The van der Waals surface area contributed by atoms with Gasteiger partial charge < -0.3 is 10.6 Å². The molecule has 2 unspecified atom stereocenters. The van der Waals surface area contributed by atoms with Gasteiger partial charge in [-0.25, -0.2) is 19.6 Å². The minimum absolute atomic E-state index is 0.287. The second kappa shape index (κ2) is 5.26. The molecule has 0 spiro atoms. The zero-order valence-corrected chi connectivity index (χ0v) is 13.5. The molecule has 2 aliphatic heterocycles. The highest BCUT2D eigenvalue weighted by Gasteiger charge is 2.51. The first-order valence-electron chi connectivity index (χ1n) is 7.87. The summed E-state index contributed by atoms with van der Waals surface area (Å²) in [5.41, 5.74) is 4.00. The van der Waals surface area contributed by atoms with E-state index in [1.54, 1.807) is 0 Å². The van der Waals surface area contributed by atoms with E-state index in [1.165, 1.54) is 10.0 Å². The third kappa shape index (κ3) is 2.19. The number of fused-ring (bicyclic) bond motifs is 1. The van der Waals surface area contributed by atoms with Gasteiger partial charge in [0.25, 0.3) is 0 Å². The molecule has 2 aromatic carbocycles. The van der Waals surface area contributed by atoms with E-state index in [0.29, 0.717) is 0 Å². The summed E-state index contributed by atoms with van der Waals surface area (Å²) in [7, 11) is 0. The molecule has 2 heterocycles. The molecule has 24 heavy (non-hydrogen) atoms. The third-order valence-electron chi connectivity index (χ3n) is 4.44. The summed E-state index contributed by atoms with van der Waals surface area (Å²) in [4.78, 5) is 25.0. The lowest BCUT2D eigenvalue weighted by atomic mass is 10.1. The molecule has 122 valence electrons. The Bertz CT molecular complexity index is 731. The van der Waals surface area contributed by atoms with E-state index in [9.17, 15) is 9.59 Å². The van der Waals surface area contributed by atoms with Crippen molar-refractivity contribution in [2.45, 2.75) is 26.2 Å². The van der Waals surface area contributed by atoms with Crippen molar-refractivity contribution in [3.63, 3.8) is 0 Å². The molecule has 2 N–H and O–H groups in total. The molecular weight excluding hydrogens is 304 g/mol. The summed E-state index contributed by atoms with van der Waals surface area (Å²) in [5.74, 6) is 0. The maximum Gasteiger partial charge on any atom is 0.340 e. The number of hydrogen-bond donors (Lipinski definition) is 2. The Kier molecular flexibility index (Phi) is 3.19. The lowest BCUT2D eigenvalue weighted by molar-refractivity contribution is 0.0672. The molecule has 2 aromatic rings. The topological polar surface area (TPSA) is 64.7 Å². The molecule has 0 bridgehead atoms. The first-order valence-corrected chi connectivity index (χ1v) is 7.87. The number of aryl methyl sites for hydroxylation is 2. The van der Waals surface area contributed by atoms with Crippen molar-refractivity contribution >= 4 is 12.1 Å².